The first-order valence-corrected chi connectivity index (χ1v) is 13.0. The molecule has 0 aliphatic rings. The molecule has 4 aromatic carbocycles. The molecule has 0 aliphatic carbocycles. The minimum Gasteiger partial charge on any atom is -0.0628 e. The Morgan fingerprint density at radius 2 is 0.821 bits per heavy atom. The Labute approximate surface area is 171 Å². The summed E-state index contributed by atoms with van der Waals surface area (Å²) < 4.78 is 0. The molecule has 4 rings (SSSR count). The zero-order valence-electron chi connectivity index (χ0n) is 15.9. The molecule has 28 heavy (non-hydrogen) atoms. The summed E-state index contributed by atoms with van der Waals surface area (Å²) in [7, 11) is -1.13. The van der Waals surface area contributed by atoms with Gasteiger partial charge in [-0.25, -0.2) is 0 Å². The summed E-state index contributed by atoms with van der Waals surface area (Å²) in [6.07, 6.45) is 1.22. The molecule has 0 saturated heterocycles. The van der Waals surface area contributed by atoms with Crippen molar-refractivity contribution >= 4 is 37.7 Å². The van der Waals surface area contributed by atoms with E-state index in [-0.39, 0.29) is 7.92 Å². The molecule has 0 bridgehead atoms. The Bertz CT molecular complexity index is 794. The number of benzene rings is 4. The van der Waals surface area contributed by atoms with Gasteiger partial charge in [0.25, 0.3) is 0 Å². The molecule has 4 aromatic rings. The summed E-state index contributed by atoms with van der Waals surface area (Å²) in [6, 6.07) is 45.6. The highest BCUT2D eigenvalue weighted by Crippen LogP contribution is 2.34. The molecule has 0 saturated carbocycles. The summed E-state index contributed by atoms with van der Waals surface area (Å²) in [5, 5.41) is 5.97. The van der Waals surface area contributed by atoms with Crippen LogP contribution in [0.4, 0.5) is 0 Å². The van der Waals surface area contributed by atoms with Crippen molar-refractivity contribution < 1.29 is 0 Å². The van der Waals surface area contributed by atoms with Gasteiger partial charge in [0.1, 0.15) is 8.80 Å². The lowest BCUT2D eigenvalue weighted by molar-refractivity contribution is 1.44. The van der Waals surface area contributed by atoms with Crippen molar-refractivity contribution in [2.75, 3.05) is 6.16 Å². The van der Waals surface area contributed by atoms with Crippen LogP contribution in [0, 0.1) is 0 Å². The number of hydrogen-bond acceptors (Lipinski definition) is 0. The molecule has 0 amide bonds. The maximum atomic E-state index is 2.31. The second-order valence-corrected chi connectivity index (χ2v) is 11.7. The predicted molar refractivity (Wildman–Crippen MR) is 127 cm³/mol. The Balaban J connectivity index is 1.64. The van der Waals surface area contributed by atoms with Crippen LogP contribution >= 0.6 is 7.92 Å². The van der Waals surface area contributed by atoms with Gasteiger partial charge < -0.3 is 0 Å². The Morgan fingerprint density at radius 1 is 0.464 bits per heavy atom. The Morgan fingerprint density at radius 3 is 1.21 bits per heavy atom. The van der Waals surface area contributed by atoms with Crippen molar-refractivity contribution in [1.29, 1.82) is 0 Å². The summed E-state index contributed by atoms with van der Waals surface area (Å²) in [6.45, 7) is 0. The quantitative estimate of drug-likeness (QED) is 0.321. The van der Waals surface area contributed by atoms with Gasteiger partial charge in [-0.3, -0.25) is 0 Å². The highest BCUT2D eigenvalue weighted by Gasteiger charge is 2.20. The second kappa shape index (κ2) is 9.64. The summed E-state index contributed by atoms with van der Waals surface area (Å²) >= 11 is 0. The summed E-state index contributed by atoms with van der Waals surface area (Å²) in [4.78, 5) is 0. The van der Waals surface area contributed by atoms with Crippen molar-refractivity contribution in [2.24, 2.45) is 0 Å². The first-order valence-electron chi connectivity index (χ1n) is 9.76. The van der Waals surface area contributed by atoms with Crippen molar-refractivity contribution in [3.63, 3.8) is 0 Å². The topological polar surface area (TPSA) is 0 Å². The fourth-order valence-electron chi connectivity index (χ4n) is 3.58. The van der Waals surface area contributed by atoms with Gasteiger partial charge >= 0.3 is 0 Å². The predicted octanol–water partition coefficient (Wildman–Crippen LogP) is 4.43. The first kappa shape index (κ1) is 18.9. The molecule has 0 spiro atoms. The molecule has 1 radical (unpaired) electrons. The molecule has 2 heteroatoms. The SMILES string of the molecule is c1ccc([Si](CCP(c2ccccc2)c2ccccc2)c2ccccc2)cc1. The third-order valence-corrected chi connectivity index (χ3v) is 10.7. The maximum absolute atomic E-state index is 2.31. The molecule has 0 aliphatic heterocycles. The number of hydrogen-bond donors (Lipinski definition) is 0. The van der Waals surface area contributed by atoms with Crippen LogP contribution < -0.4 is 21.0 Å². The zero-order chi connectivity index (χ0) is 19.0. The highest BCUT2D eigenvalue weighted by molar-refractivity contribution is 7.73. The van der Waals surface area contributed by atoms with E-state index >= 15 is 0 Å². The average Bonchev–Trinajstić information content (AvgIpc) is 2.79. The highest BCUT2D eigenvalue weighted by atomic mass is 31.1. The van der Waals surface area contributed by atoms with E-state index in [0.29, 0.717) is 0 Å². The molecule has 0 atom stereocenters. The normalized spacial score (nSPS) is 11.1. The van der Waals surface area contributed by atoms with Crippen LogP contribution in [0.25, 0.3) is 0 Å². The lowest BCUT2D eigenvalue weighted by atomic mass is 10.4. The minimum atomic E-state index is -0.793. The van der Waals surface area contributed by atoms with Gasteiger partial charge in [0.2, 0.25) is 0 Å². The third kappa shape index (κ3) is 4.68. The van der Waals surface area contributed by atoms with Crippen molar-refractivity contribution in [3.05, 3.63) is 121 Å². The van der Waals surface area contributed by atoms with Gasteiger partial charge in [0.15, 0.2) is 0 Å². The van der Waals surface area contributed by atoms with Gasteiger partial charge in [-0.05, 0) is 30.7 Å². The van der Waals surface area contributed by atoms with Crippen LogP contribution in [0.15, 0.2) is 121 Å². The Hall–Kier alpha value is -2.47. The van der Waals surface area contributed by atoms with Crippen LogP contribution in [0.3, 0.4) is 0 Å². The van der Waals surface area contributed by atoms with Crippen molar-refractivity contribution in [1.82, 2.24) is 0 Å². The smallest absolute Gasteiger partial charge is 0.0628 e. The fraction of sp³-hybridized carbons (Fsp3) is 0.0769. The molecule has 0 unspecified atom stereocenters. The van der Waals surface area contributed by atoms with Crippen LogP contribution in [-0.2, 0) is 0 Å². The average molecular weight is 396 g/mol. The standard InChI is InChI=1S/C26H24PSi/c1-5-13-23(14-6-1)27(24-15-7-2-8-16-24)21-22-28(25-17-9-3-10-18-25)26-19-11-4-12-20-26/h1-20H,21-22H2. The lowest BCUT2D eigenvalue weighted by Gasteiger charge is -2.22. The molecule has 137 valence electrons. The van der Waals surface area contributed by atoms with Gasteiger partial charge in [0.05, 0.1) is 0 Å². The van der Waals surface area contributed by atoms with Crippen molar-refractivity contribution in [2.45, 2.75) is 6.04 Å². The van der Waals surface area contributed by atoms with E-state index in [4.69, 9.17) is 0 Å². The van der Waals surface area contributed by atoms with E-state index in [0.717, 1.165) is 0 Å². The zero-order valence-corrected chi connectivity index (χ0v) is 17.8. The molecular formula is C26H24PSi. The van der Waals surface area contributed by atoms with Crippen LogP contribution in [-0.4, -0.2) is 15.0 Å². The van der Waals surface area contributed by atoms with Crippen LogP contribution in [0.1, 0.15) is 0 Å². The summed E-state index contributed by atoms with van der Waals surface area (Å²) in [5.74, 6) is 0. The summed E-state index contributed by atoms with van der Waals surface area (Å²) in [5.41, 5.74) is 0. The second-order valence-electron chi connectivity index (χ2n) is 6.78. The van der Waals surface area contributed by atoms with E-state index < -0.39 is 8.80 Å². The van der Waals surface area contributed by atoms with Gasteiger partial charge in [-0.2, -0.15) is 0 Å². The molecule has 0 N–H and O–H groups in total. The molecule has 0 heterocycles. The van der Waals surface area contributed by atoms with Gasteiger partial charge in [-0.15, -0.1) is 0 Å². The largest absolute Gasteiger partial charge is 0.121 e. The number of rotatable bonds is 7. The first-order chi connectivity index (χ1) is 13.9. The lowest BCUT2D eigenvalue weighted by Crippen LogP contribution is -2.42. The maximum Gasteiger partial charge on any atom is 0.121 e. The molecule has 0 fully saturated rings. The van der Waals surface area contributed by atoms with Crippen molar-refractivity contribution in [3.8, 4) is 0 Å². The third-order valence-electron chi connectivity index (χ3n) is 4.97. The van der Waals surface area contributed by atoms with Gasteiger partial charge in [-0.1, -0.05) is 132 Å². The molecular weight excluding hydrogens is 371 g/mol. The van der Waals surface area contributed by atoms with E-state index in [1.165, 1.54) is 33.2 Å². The molecule has 0 nitrogen and oxygen atoms in total. The van der Waals surface area contributed by atoms with Crippen LogP contribution in [0.5, 0.6) is 0 Å². The van der Waals surface area contributed by atoms with E-state index in [1.54, 1.807) is 0 Å². The van der Waals surface area contributed by atoms with Crippen LogP contribution in [0.2, 0.25) is 6.04 Å². The van der Waals surface area contributed by atoms with Gasteiger partial charge in [0, 0.05) is 0 Å². The monoisotopic (exact) mass is 395 g/mol. The Kier molecular flexibility index (Phi) is 6.50. The fourth-order valence-corrected chi connectivity index (χ4v) is 9.35. The minimum absolute atomic E-state index is 0.339. The van der Waals surface area contributed by atoms with E-state index in [9.17, 15) is 0 Å². The van der Waals surface area contributed by atoms with E-state index in [1.807, 2.05) is 0 Å². The van der Waals surface area contributed by atoms with E-state index in [2.05, 4.69) is 121 Å². The molecule has 0 aromatic heterocycles.